The van der Waals surface area contributed by atoms with E-state index in [1.54, 1.807) is 0 Å². The van der Waals surface area contributed by atoms with Gasteiger partial charge in [-0.05, 0) is 6.92 Å². The number of aromatic hydroxyl groups is 3. The van der Waals surface area contributed by atoms with Crippen molar-refractivity contribution < 1.29 is 24.8 Å². The van der Waals surface area contributed by atoms with E-state index in [-0.39, 0.29) is 35.4 Å². The number of fused-ring (bicyclic) bond motifs is 1. The van der Waals surface area contributed by atoms with E-state index in [2.05, 4.69) is 0 Å². The van der Waals surface area contributed by atoms with Crippen molar-refractivity contribution in [3.63, 3.8) is 0 Å². The molecule has 2 rings (SSSR count). The molecule has 1 aromatic rings. The van der Waals surface area contributed by atoms with Gasteiger partial charge in [0.05, 0.1) is 0 Å². The standard InChI is InChI=1S/C8H8O5/c1-3-4(9)6(11)8-7(5(3)10)12-2-13-8/h9-11H,2H2,1H3. The lowest BCUT2D eigenvalue weighted by Gasteiger charge is -2.07. The van der Waals surface area contributed by atoms with Crippen LogP contribution in [0.3, 0.4) is 0 Å². The lowest BCUT2D eigenvalue weighted by atomic mass is 10.1. The van der Waals surface area contributed by atoms with Crippen molar-refractivity contribution in [3.05, 3.63) is 5.56 Å². The molecule has 0 aromatic heterocycles. The Morgan fingerprint density at radius 3 is 2.08 bits per heavy atom. The zero-order valence-corrected chi connectivity index (χ0v) is 6.87. The Morgan fingerprint density at radius 1 is 0.923 bits per heavy atom. The fourth-order valence-corrected chi connectivity index (χ4v) is 1.20. The van der Waals surface area contributed by atoms with E-state index in [4.69, 9.17) is 9.47 Å². The molecular formula is C8H8O5. The van der Waals surface area contributed by atoms with E-state index < -0.39 is 5.75 Å². The van der Waals surface area contributed by atoms with Crippen molar-refractivity contribution in [3.8, 4) is 28.7 Å². The van der Waals surface area contributed by atoms with E-state index in [0.29, 0.717) is 0 Å². The van der Waals surface area contributed by atoms with E-state index in [0.717, 1.165) is 0 Å². The first-order valence-corrected chi connectivity index (χ1v) is 3.66. The molecule has 1 aliphatic rings. The fourth-order valence-electron chi connectivity index (χ4n) is 1.20. The van der Waals surface area contributed by atoms with Gasteiger partial charge in [-0.15, -0.1) is 0 Å². The van der Waals surface area contributed by atoms with Gasteiger partial charge in [0.2, 0.25) is 24.0 Å². The summed E-state index contributed by atoms with van der Waals surface area (Å²) in [4.78, 5) is 0. The molecule has 0 saturated heterocycles. The Hall–Kier alpha value is -1.78. The molecule has 0 amide bonds. The maximum absolute atomic E-state index is 9.45. The third kappa shape index (κ3) is 0.867. The van der Waals surface area contributed by atoms with Gasteiger partial charge in [0.1, 0.15) is 0 Å². The van der Waals surface area contributed by atoms with Crippen molar-refractivity contribution in [1.29, 1.82) is 0 Å². The van der Waals surface area contributed by atoms with E-state index in [9.17, 15) is 15.3 Å². The fraction of sp³-hybridized carbons (Fsp3) is 0.250. The molecule has 1 aromatic carbocycles. The molecule has 1 heterocycles. The molecule has 0 fully saturated rings. The average Bonchev–Trinajstić information content (AvgIpc) is 2.59. The number of ether oxygens (including phenoxy) is 2. The Labute approximate surface area is 73.8 Å². The largest absolute Gasteiger partial charge is 0.504 e. The highest BCUT2D eigenvalue weighted by Crippen LogP contribution is 2.53. The van der Waals surface area contributed by atoms with Crippen molar-refractivity contribution in [2.75, 3.05) is 6.79 Å². The minimum absolute atomic E-state index is 0.0133. The smallest absolute Gasteiger partial charge is 0.231 e. The van der Waals surface area contributed by atoms with Gasteiger partial charge >= 0.3 is 0 Å². The van der Waals surface area contributed by atoms with Crippen LogP contribution in [-0.4, -0.2) is 22.1 Å². The molecule has 1 aliphatic heterocycles. The number of rotatable bonds is 0. The van der Waals surface area contributed by atoms with Crippen molar-refractivity contribution in [2.45, 2.75) is 6.92 Å². The van der Waals surface area contributed by atoms with Gasteiger partial charge in [-0.2, -0.15) is 0 Å². The molecule has 0 atom stereocenters. The summed E-state index contributed by atoms with van der Waals surface area (Å²) in [5.74, 6) is -0.930. The molecule has 0 saturated carbocycles. The van der Waals surface area contributed by atoms with Crippen LogP contribution in [0, 0.1) is 6.92 Å². The van der Waals surface area contributed by atoms with Crippen LogP contribution in [-0.2, 0) is 0 Å². The molecule has 3 N–H and O–H groups in total. The van der Waals surface area contributed by atoms with Gasteiger partial charge in [-0.1, -0.05) is 0 Å². The Kier molecular flexibility index (Phi) is 1.42. The molecule has 0 radical (unpaired) electrons. The molecule has 0 bridgehead atoms. The van der Waals surface area contributed by atoms with Gasteiger partial charge in [0.25, 0.3) is 0 Å². The number of phenols is 3. The van der Waals surface area contributed by atoms with Gasteiger partial charge in [-0.25, -0.2) is 0 Å². The van der Waals surface area contributed by atoms with E-state index >= 15 is 0 Å². The predicted octanol–water partition coefficient (Wildman–Crippen LogP) is 0.841. The third-order valence-electron chi connectivity index (χ3n) is 1.98. The molecule has 5 heteroatoms. The normalized spacial score (nSPS) is 13.3. The monoisotopic (exact) mass is 184 g/mol. The number of phenolic OH excluding ortho intramolecular Hbond substituents is 3. The van der Waals surface area contributed by atoms with Crippen molar-refractivity contribution >= 4 is 0 Å². The van der Waals surface area contributed by atoms with E-state index in [1.165, 1.54) is 6.92 Å². The van der Waals surface area contributed by atoms with Gasteiger partial charge < -0.3 is 24.8 Å². The molecule has 5 nitrogen and oxygen atoms in total. The quantitative estimate of drug-likeness (QED) is 0.411. The maximum atomic E-state index is 9.45. The number of hydrogen-bond donors (Lipinski definition) is 3. The zero-order valence-electron chi connectivity index (χ0n) is 6.87. The maximum Gasteiger partial charge on any atom is 0.231 e. The summed E-state index contributed by atoms with van der Waals surface area (Å²) in [6.07, 6.45) is 0. The third-order valence-corrected chi connectivity index (χ3v) is 1.98. The zero-order chi connectivity index (χ0) is 9.59. The minimum Gasteiger partial charge on any atom is -0.504 e. The topological polar surface area (TPSA) is 79.2 Å². The molecule has 70 valence electrons. The lowest BCUT2D eigenvalue weighted by molar-refractivity contribution is 0.169. The molecule has 0 spiro atoms. The second-order valence-electron chi connectivity index (χ2n) is 2.74. The van der Waals surface area contributed by atoms with Gasteiger partial charge in [0, 0.05) is 5.56 Å². The Balaban J connectivity index is 2.77. The minimum atomic E-state index is -0.400. The van der Waals surface area contributed by atoms with Crippen LogP contribution in [0.5, 0.6) is 28.7 Å². The average molecular weight is 184 g/mol. The predicted molar refractivity (Wildman–Crippen MR) is 42.3 cm³/mol. The van der Waals surface area contributed by atoms with Crippen LogP contribution in [0.4, 0.5) is 0 Å². The summed E-state index contributed by atoms with van der Waals surface area (Å²) < 4.78 is 9.76. The molecular weight excluding hydrogens is 176 g/mol. The second-order valence-corrected chi connectivity index (χ2v) is 2.74. The van der Waals surface area contributed by atoms with Gasteiger partial charge in [0.15, 0.2) is 11.5 Å². The summed E-state index contributed by atoms with van der Waals surface area (Å²) in [6, 6.07) is 0. The first kappa shape index (κ1) is 7.85. The van der Waals surface area contributed by atoms with Crippen LogP contribution in [0.1, 0.15) is 5.56 Å². The summed E-state index contributed by atoms with van der Waals surface area (Å²) in [6.45, 7) is 1.39. The van der Waals surface area contributed by atoms with Gasteiger partial charge in [-0.3, -0.25) is 0 Å². The Bertz CT molecular complexity index is 337. The second kappa shape index (κ2) is 2.35. The molecule has 0 unspecified atom stereocenters. The van der Waals surface area contributed by atoms with E-state index in [1.807, 2.05) is 0 Å². The van der Waals surface area contributed by atoms with Crippen LogP contribution < -0.4 is 9.47 Å². The molecule has 0 aliphatic carbocycles. The molecule has 13 heavy (non-hydrogen) atoms. The number of benzene rings is 1. The summed E-state index contributed by atoms with van der Waals surface area (Å²) >= 11 is 0. The highest BCUT2D eigenvalue weighted by atomic mass is 16.7. The summed E-state index contributed by atoms with van der Waals surface area (Å²) in [5, 5.41) is 28.1. The summed E-state index contributed by atoms with van der Waals surface area (Å²) in [5.41, 5.74) is 0.168. The highest BCUT2D eigenvalue weighted by Gasteiger charge is 2.27. The van der Waals surface area contributed by atoms with Crippen molar-refractivity contribution in [1.82, 2.24) is 0 Å². The first-order chi connectivity index (χ1) is 6.13. The lowest BCUT2D eigenvalue weighted by Crippen LogP contribution is -1.93. The van der Waals surface area contributed by atoms with Crippen LogP contribution in [0.2, 0.25) is 0 Å². The highest BCUT2D eigenvalue weighted by molar-refractivity contribution is 5.68. The SMILES string of the molecule is Cc1c(O)c(O)c2c(c1O)OCO2. The van der Waals surface area contributed by atoms with Crippen LogP contribution >= 0.6 is 0 Å². The number of hydrogen-bond acceptors (Lipinski definition) is 5. The first-order valence-electron chi connectivity index (χ1n) is 3.66. The van der Waals surface area contributed by atoms with Crippen LogP contribution in [0.25, 0.3) is 0 Å². The van der Waals surface area contributed by atoms with Crippen molar-refractivity contribution in [2.24, 2.45) is 0 Å². The summed E-state index contributed by atoms with van der Waals surface area (Å²) in [7, 11) is 0. The van der Waals surface area contributed by atoms with Crippen LogP contribution in [0.15, 0.2) is 0 Å². The Morgan fingerprint density at radius 2 is 1.46 bits per heavy atom.